The first-order valence-corrected chi connectivity index (χ1v) is 6.83. The van der Waals surface area contributed by atoms with Gasteiger partial charge in [0, 0.05) is 9.26 Å². The van der Waals surface area contributed by atoms with E-state index >= 15 is 0 Å². The highest BCUT2D eigenvalue weighted by molar-refractivity contribution is 14.1. The lowest BCUT2D eigenvalue weighted by atomic mass is 10.1. The molecule has 92 valence electrons. The normalized spacial score (nSPS) is 10.1. The predicted molar refractivity (Wildman–Crippen MR) is 82.7 cm³/mol. The lowest BCUT2D eigenvalue weighted by Gasteiger charge is -2.07. The van der Waals surface area contributed by atoms with Crippen LogP contribution in [0.15, 0.2) is 48.5 Å². The molecule has 2 aromatic carbocycles. The first-order chi connectivity index (χ1) is 8.65. The topological polar surface area (TPSA) is 29.1 Å². The molecule has 0 aromatic heterocycles. The van der Waals surface area contributed by atoms with Crippen molar-refractivity contribution in [3.8, 4) is 0 Å². The number of halogens is 1. The Bertz CT molecular complexity index is 566. The van der Waals surface area contributed by atoms with Crippen LogP contribution in [0, 0.1) is 10.5 Å². The number of carbonyl (C=O) groups is 1. The van der Waals surface area contributed by atoms with Crippen LogP contribution in [-0.2, 0) is 11.2 Å². The van der Waals surface area contributed by atoms with Gasteiger partial charge in [0.2, 0.25) is 5.91 Å². The second-order valence-electron chi connectivity index (χ2n) is 4.16. The van der Waals surface area contributed by atoms with Crippen LogP contribution in [0.3, 0.4) is 0 Å². The SMILES string of the molecule is Cc1ccccc1CC(=O)Nc1cccc(I)c1. The number of amides is 1. The van der Waals surface area contributed by atoms with Crippen molar-refractivity contribution in [2.24, 2.45) is 0 Å². The van der Waals surface area contributed by atoms with Crippen LogP contribution in [0.4, 0.5) is 5.69 Å². The van der Waals surface area contributed by atoms with Crippen molar-refractivity contribution in [2.75, 3.05) is 5.32 Å². The third kappa shape index (κ3) is 3.57. The molecule has 0 aliphatic rings. The van der Waals surface area contributed by atoms with Crippen LogP contribution in [0.2, 0.25) is 0 Å². The Morgan fingerprint density at radius 3 is 2.67 bits per heavy atom. The van der Waals surface area contributed by atoms with E-state index in [0.29, 0.717) is 6.42 Å². The molecule has 0 fully saturated rings. The highest BCUT2D eigenvalue weighted by Gasteiger charge is 2.05. The Morgan fingerprint density at radius 2 is 1.94 bits per heavy atom. The lowest BCUT2D eigenvalue weighted by Crippen LogP contribution is -2.15. The van der Waals surface area contributed by atoms with Crippen molar-refractivity contribution in [1.82, 2.24) is 0 Å². The van der Waals surface area contributed by atoms with Crippen LogP contribution < -0.4 is 5.32 Å². The third-order valence-corrected chi connectivity index (χ3v) is 3.39. The van der Waals surface area contributed by atoms with Crippen molar-refractivity contribution in [3.63, 3.8) is 0 Å². The number of hydrogen-bond acceptors (Lipinski definition) is 1. The van der Waals surface area contributed by atoms with E-state index in [9.17, 15) is 4.79 Å². The standard InChI is InChI=1S/C15H14INO/c1-11-5-2-3-6-12(11)9-15(18)17-14-8-4-7-13(16)10-14/h2-8,10H,9H2,1H3,(H,17,18). The zero-order valence-corrected chi connectivity index (χ0v) is 12.3. The maximum atomic E-state index is 11.9. The van der Waals surface area contributed by atoms with Crippen LogP contribution >= 0.6 is 22.6 Å². The van der Waals surface area contributed by atoms with E-state index < -0.39 is 0 Å². The van der Waals surface area contributed by atoms with E-state index in [-0.39, 0.29) is 5.91 Å². The number of anilines is 1. The molecule has 0 heterocycles. The van der Waals surface area contributed by atoms with Gasteiger partial charge in [0.15, 0.2) is 0 Å². The summed E-state index contributed by atoms with van der Waals surface area (Å²) in [6.07, 6.45) is 0.415. The third-order valence-electron chi connectivity index (χ3n) is 2.72. The predicted octanol–water partition coefficient (Wildman–Crippen LogP) is 3.78. The Labute approximate surface area is 121 Å². The van der Waals surface area contributed by atoms with Gasteiger partial charge in [-0.05, 0) is 58.8 Å². The first kappa shape index (κ1) is 13.1. The van der Waals surface area contributed by atoms with E-state index in [1.165, 1.54) is 0 Å². The molecule has 0 atom stereocenters. The number of aryl methyl sites for hydroxylation is 1. The van der Waals surface area contributed by atoms with Crippen LogP contribution in [-0.4, -0.2) is 5.91 Å². The van der Waals surface area contributed by atoms with Crippen LogP contribution in [0.1, 0.15) is 11.1 Å². The summed E-state index contributed by atoms with van der Waals surface area (Å²) in [5, 5.41) is 2.91. The Balaban J connectivity index is 2.03. The van der Waals surface area contributed by atoms with Crippen molar-refractivity contribution < 1.29 is 4.79 Å². The first-order valence-electron chi connectivity index (χ1n) is 5.75. The van der Waals surface area contributed by atoms with Gasteiger partial charge >= 0.3 is 0 Å². The average Bonchev–Trinajstić information content (AvgIpc) is 2.32. The fourth-order valence-corrected chi connectivity index (χ4v) is 2.30. The van der Waals surface area contributed by atoms with Crippen molar-refractivity contribution in [2.45, 2.75) is 13.3 Å². The highest BCUT2D eigenvalue weighted by Crippen LogP contribution is 2.13. The molecule has 3 heteroatoms. The number of nitrogens with one attached hydrogen (secondary N) is 1. The fraction of sp³-hybridized carbons (Fsp3) is 0.133. The van der Waals surface area contributed by atoms with E-state index in [1.807, 2.05) is 55.5 Å². The van der Waals surface area contributed by atoms with Gasteiger partial charge in [-0.3, -0.25) is 4.79 Å². The second kappa shape index (κ2) is 6.00. The molecule has 0 saturated heterocycles. The lowest BCUT2D eigenvalue weighted by molar-refractivity contribution is -0.115. The molecule has 0 bridgehead atoms. The monoisotopic (exact) mass is 351 g/mol. The minimum absolute atomic E-state index is 0.0197. The summed E-state index contributed by atoms with van der Waals surface area (Å²) in [4.78, 5) is 11.9. The van der Waals surface area contributed by atoms with Gasteiger partial charge in [-0.15, -0.1) is 0 Å². The highest BCUT2D eigenvalue weighted by atomic mass is 127. The number of benzene rings is 2. The van der Waals surface area contributed by atoms with Gasteiger partial charge in [0.25, 0.3) is 0 Å². The second-order valence-corrected chi connectivity index (χ2v) is 5.41. The maximum Gasteiger partial charge on any atom is 0.228 e. The smallest absolute Gasteiger partial charge is 0.228 e. The number of hydrogen-bond donors (Lipinski definition) is 1. The molecule has 0 aliphatic heterocycles. The summed E-state index contributed by atoms with van der Waals surface area (Å²) in [6.45, 7) is 2.02. The minimum Gasteiger partial charge on any atom is -0.326 e. The minimum atomic E-state index is 0.0197. The van der Waals surface area contributed by atoms with Crippen molar-refractivity contribution in [3.05, 3.63) is 63.2 Å². The molecule has 18 heavy (non-hydrogen) atoms. The molecule has 2 rings (SSSR count). The van der Waals surface area contributed by atoms with E-state index in [1.54, 1.807) is 0 Å². The zero-order chi connectivity index (χ0) is 13.0. The quantitative estimate of drug-likeness (QED) is 0.838. The van der Waals surface area contributed by atoms with Crippen molar-refractivity contribution >= 4 is 34.2 Å². The molecule has 0 radical (unpaired) electrons. The molecule has 2 aromatic rings. The molecular formula is C15H14INO. The molecule has 1 N–H and O–H groups in total. The Morgan fingerprint density at radius 1 is 1.17 bits per heavy atom. The number of rotatable bonds is 3. The average molecular weight is 351 g/mol. The van der Waals surface area contributed by atoms with E-state index in [4.69, 9.17) is 0 Å². The van der Waals surface area contributed by atoms with Gasteiger partial charge in [0.05, 0.1) is 6.42 Å². The Kier molecular flexibility index (Phi) is 4.36. The van der Waals surface area contributed by atoms with Gasteiger partial charge in [0.1, 0.15) is 0 Å². The van der Waals surface area contributed by atoms with Gasteiger partial charge in [-0.25, -0.2) is 0 Å². The Hall–Kier alpha value is -1.36. The molecule has 2 nitrogen and oxygen atoms in total. The van der Waals surface area contributed by atoms with Crippen LogP contribution in [0.25, 0.3) is 0 Å². The molecule has 0 unspecified atom stereocenters. The molecule has 1 amide bonds. The summed E-state index contributed by atoms with van der Waals surface area (Å²) in [5.41, 5.74) is 3.07. The summed E-state index contributed by atoms with van der Waals surface area (Å²) in [5.74, 6) is 0.0197. The van der Waals surface area contributed by atoms with Crippen LogP contribution in [0.5, 0.6) is 0 Å². The summed E-state index contributed by atoms with van der Waals surface area (Å²) >= 11 is 2.23. The van der Waals surface area contributed by atoms with E-state index in [2.05, 4.69) is 27.9 Å². The zero-order valence-electron chi connectivity index (χ0n) is 10.1. The molecule has 0 saturated carbocycles. The van der Waals surface area contributed by atoms with Gasteiger partial charge < -0.3 is 5.32 Å². The van der Waals surface area contributed by atoms with Gasteiger partial charge in [-0.2, -0.15) is 0 Å². The summed E-state index contributed by atoms with van der Waals surface area (Å²) in [6, 6.07) is 15.7. The number of carbonyl (C=O) groups excluding carboxylic acids is 1. The van der Waals surface area contributed by atoms with E-state index in [0.717, 1.165) is 20.4 Å². The molecular weight excluding hydrogens is 337 g/mol. The summed E-state index contributed by atoms with van der Waals surface area (Å²) < 4.78 is 1.11. The summed E-state index contributed by atoms with van der Waals surface area (Å²) in [7, 11) is 0. The van der Waals surface area contributed by atoms with Gasteiger partial charge in [-0.1, -0.05) is 30.3 Å². The largest absolute Gasteiger partial charge is 0.326 e. The maximum absolute atomic E-state index is 11.9. The molecule has 0 spiro atoms. The van der Waals surface area contributed by atoms with Crippen molar-refractivity contribution in [1.29, 1.82) is 0 Å². The fourth-order valence-electron chi connectivity index (χ4n) is 1.75. The molecule has 0 aliphatic carbocycles.